The van der Waals surface area contributed by atoms with Gasteiger partial charge < -0.3 is 5.73 Å². The van der Waals surface area contributed by atoms with Crippen LogP contribution in [0.25, 0.3) is 0 Å². The van der Waals surface area contributed by atoms with Crippen molar-refractivity contribution in [2.24, 2.45) is 10.7 Å². The van der Waals surface area contributed by atoms with E-state index in [-0.39, 0.29) is 6.04 Å². The van der Waals surface area contributed by atoms with Crippen LogP contribution >= 0.6 is 11.3 Å². The van der Waals surface area contributed by atoms with Gasteiger partial charge in [0.05, 0.1) is 11.9 Å². The fourth-order valence-corrected chi connectivity index (χ4v) is 2.21. The number of amidine groups is 1. The van der Waals surface area contributed by atoms with E-state index in [9.17, 15) is 0 Å². The normalized spacial score (nSPS) is 14.3. The molecule has 0 saturated heterocycles. The Morgan fingerprint density at radius 1 is 1.57 bits per heavy atom. The van der Waals surface area contributed by atoms with E-state index in [1.165, 1.54) is 4.88 Å². The lowest BCUT2D eigenvalue weighted by molar-refractivity contribution is 0.708. The van der Waals surface area contributed by atoms with Gasteiger partial charge in [0.2, 0.25) is 0 Å². The molecule has 1 aromatic heterocycles. The third kappa shape index (κ3) is 3.14. The quantitative estimate of drug-likeness (QED) is 0.587. The lowest BCUT2D eigenvalue weighted by atomic mass is 10.2. The highest BCUT2D eigenvalue weighted by molar-refractivity contribution is 7.10. The average molecular weight is 210 g/mol. The van der Waals surface area contributed by atoms with Gasteiger partial charge in [-0.2, -0.15) is 0 Å². The summed E-state index contributed by atoms with van der Waals surface area (Å²) in [6, 6.07) is 4.46. The van der Waals surface area contributed by atoms with Crippen LogP contribution in [0.3, 0.4) is 0 Å². The van der Waals surface area contributed by atoms with Gasteiger partial charge in [-0.3, -0.25) is 4.99 Å². The molecule has 0 saturated carbocycles. The highest BCUT2D eigenvalue weighted by Gasteiger charge is 2.08. The molecule has 0 amide bonds. The monoisotopic (exact) mass is 210 g/mol. The summed E-state index contributed by atoms with van der Waals surface area (Å²) >= 11 is 1.75. The molecule has 0 spiro atoms. The first-order valence-corrected chi connectivity index (χ1v) is 6.01. The van der Waals surface area contributed by atoms with Gasteiger partial charge in [-0.15, -0.1) is 11.3 Å². The molecular weight excluding hydrogens is 192 g/mol. The molecule has 3 heteroatoms. The topological polar surface area (TPSA) is 38.4 Å². The van der Waals surface area contributed by atoms with E-state index < -0.39 is 0 Å². The number of thiophene rings is 1. The van der Waals surface area contributed by atoms with Crippen molar-refractivity contribution in [3.8, 4) is 0 Å². The second-order valence-electron chi connectivity index (χ2n) is 3.31. The Hall–Kier alpha value is -0.830. The molecule has 14 heavy (non-hydrogen) atoms. The van der Waals surface area contributed by atoms with Crippen molar-refractivity contribution in [3.63, 3.8) is 0 Å². The molecule has 0 bridgehead atoms. The third-order valence-electron chi connectivity index (χ3n) is 2.09. The van der Waals surface area contributed by atoms with Crippen molar-refractivity contribution >= 4 is 17.2 Å². The zero-order valence-corrected chi connectivity index (χ0v) is 9.68. The van der Waals surface area contributed by atoms with Crippen LogP contribution in [0.4, 0.5) is 0 Å². The molecule has 0 aliphatic carbocycles. The van der Waals surface area contributed by atoms with Crippen molar-refractivity contribution in [1.82, 2.24) is 0 Å². The minimum absolute atomic E-state index is 0.265. The second-order valence-corrected chi connectivity index (χ2v) is 4.29. The molecule has 1 unspecified atom stereocenters. The third-order valence-corrected chi connectivity index (χ3v) is 3.06. The number of hydrogen-bond acceptors (Lipinski definition) is 2. The van der Waals surface area contributed by atoms with E-state index in [1.807, 2.05) is 0 Å². The molecule has 0 radical (unpaired) electrons. The molecule has 0 aliphatic rings. The zero-order valence-electron chi connectivity index (χ0n) is 8.86. The van der Waals surface area contributed by atoms with Gasteiger partial charge in [-0.1, -0.05) is 19.9 Å². The van der Waals surface area contributed by atoms with E-state index in [1.54, 1.807) is 11.3 Å². The van der Waals surface area contributed by atoms with E-state index in [4.69, 9.17) is 5.73 Å². The summed E-state index contributed by atoms with van der Waals surface area (Å²) in [5, 5.41) is 2.09. The molecule has 78 valence electrons. The molecule has 1 heterocycles. The van der Waals surface area contributed by atoms with Crippen LogP contribution in [0.2, 0.25) is 0 Å². The van der Waals surface area contributed by atoms with Gasteiger partial charge >= 0.3 is 0 Å². The molecule has 2 N–H and O–H groups in total. The van der Waals surface area contributed by atoms with Crippen molar-refractivity contribution in [2.45, 2.75) is 39.2 Å². The van der Waals surface area contributed by atoms with E-state index >= 15 is 0 Å². The second kappa shape index (κ2) is 5.81. The van der Waals surface area contributed by atoms with Crippen molar-refractivity contribution in [1.29, 1.82) is 0 Å². The molecule has 0 fully saturated rings. The average Bonchev–Trinajstić information content (AvgIpc) is 2.67. The molecule has 1 rings (SSSR count). The van der Waals surface area contributed by atoms with E-state index in [0.717, 1.165) is 25.1 Å². The Balaban J connectivity index is 2.68. The van der Waals surface area contributed by atoms with Gasteiger partial charge in [0.1, 0.15) is 0 Å². The van der Waals surface area contributed by atoms with Crippen molar-refractivity contribution < 1.29 is 0 Å². The Labute approximate surface area is 89.9 Å². The van der Waals surface area contributed by atoms with Crippen LogP contribution in [0.15, 0.2) is 22.5 Å². The molecule has 1 aromatic rings. The standard InChI is InChI=1S/C11H18N2S/c1-3-6-11(12)13-9(4-2)10-7-5-8-14-10/h5,7-9H,3-4,6H2,1-2H3,(H2,12,13). The predicted molar refractivity (Wildman–Crippen MR) is 63.9 cm³/mol. The SMILES string of the molecule is CCCC(N)=NC(CC)c1cccs1. The van der Waals surface area contributed by atoms with Gasteiger partial charge in [0.25, 0.3) is 0 Å². The Morgan fingerprint density at radius 2 is 2.36 bits per heavy atom. The van der Waals surface area contributed by atoms with Crippen LogP contribution in [0, 0.1) is 0 Å². The summed E-state index contributed by atoms with van der Waals surface area (Å²) in [6.45, 7) is 4.27. The summed E-state index contributed by atoms with van der Waals surface area (Å²) in [5.74, 6) is 0.785. The lowest BCUT2D eigenvalue weighted by Gasteiger charge is -2.08. The molecule has 1 atom stereocenters. The summed E-state index contributed by atoms with van der Waals surface area (Å²) in [7, 11) is 0. The molecule has 2 nitrogen and oxygen atoms in total. The first-order valence-electron chi connectivity index (χ1n) is 5.13. The Kier molecular flexibility index (Phi) is 4.66. The van der Waals surface area contributed by atoms with E-state index in [0.29, 0.717) is 0 Å². The minimum Gasteiger partial charge on any atom is -0.387 e. The first-order chi connectivity index (χ1) is 6.77. The largest absolute Gasteiger partial charge is 0.387 e. The molecule has 0 aromatic carbocycles. The number of aliphatic imine (C=N–C) groups is 1. The van der Waals surface area contributed by atoms with Gasteiger partial charge in [0.15, 0.2) is 0 Å². The lowest BCUT2D eigenvalue weighted by Crippen LogP contribution is -2.12. The summed E-state index contributed by atoms with van der Waals surface area (Å²) in [4.78, 5) is 5.84. The van der Waals surface area contributed by atoms with Gasteiger partial charge in [0, 0.05) is 11.3 Å². The summed E-state index contributed by atoms with van der Waals surface area (Å²) in [5.41, 5.74) is 5.82. The van der Waals surface area contributed by atoms with Crippen LogP contribution in [-0.2, 0) is 0 Å². The maximum atomic E-state index is 5.82. The maximum Gasteiger partial charge on any atom is 0.0944 e. The van der Waals surface area contributed by atoms with Gasteiger partial charge in [-0.25, -0.2) is 0 Å². The van der Waals surface area contributed by atoms with Crippen LogP contribution < -0.4 is 5.73 Å². The van der Waals surface area contributed by atoms with Crippen molar-refractivity contribution in [2.75, 3.05) is 0 Å². The summed E-state index contributed by atoms with van der Waals surface area (Å²) < 4.78 is 0. The fourth-order valence-electron chi connectivity index (χ4n) is 1.36. The fraction of sp³-hybridized carbons (Fsp3) is 0.545. The van der Waals surface area contributed by atoms with E-state index in [2.05, 4.69) is 36.4 Å². The van der Waals surface area contributed by atoms with Crippen molar-refractivity contribution in [3.05, 3.63) is 22.4 Å². The number of hydrogen-bond donors (Lipinski definition) is 1. The number of nitrogens with two attached hydrogens (primary N) is 1. The first kappa shape index (κ1) is 11.2. The Bertz CT molecular complexity index is 277. The number of rotatable bonds is 5. The minimum atomic E-state index is 0.265. The van der Waals surface area contributed by atoms with Crippen LogP contribution in [0.5, 0.6) is 0 Å². The predicted octanol–water partition coefficient (Wildman–Crippen LogP) is 3.36. The maximum absolute atomic E-state index is 5.82. The molecule has 0 aliphatic heterocycles. The molecular formula is C11H18N2S. The zero-order chi connectivity index (χ0) is 10.4. The van der Waals surface area contributed by atoms with Gasteiger partial charge in [-0.05, 0) is 24.3 Å². The smallest absolute Gasteiger partial charge is 0.0944 e. The Morgan fingerprint density at radius 3 is 2.86 bits per heavy atom. The number of nitrogens with zero attached hydrogens (tertiary/aromatic N) is 1. The highest BCUT2D eigenvalue weighted by Crippen LogP contribution is 2.25. The van der Waals surface area contributed by atoms with Crippen LogP contribution in [-0.4, -0.2) is 5.84 Å². The van der Waals surface area contributed by atoms with Crippen LogP contribution in [0.1, 0.15) is 44.0 Å². The highest BCUT2D eigenvalue weighted by atomic mass is 32.1. The summed E-state index contributed by atoms with van der Waals surface area (Å²) in [6.07, 6.45) is 2.99.